The molecule has 0 bridgehead atoms. The SMILES string of the molecule is OC[C@H]1O[C@@H](OC[C@H]2O[C@@H](OC3=Cc4c(O)cc(O)cc4OC3c3ccc(O)cc3)[C@H](O)[C@H](O)[C@@H]2O)[C@@H](O)[C@H](O)[C@@H]1O. The average molecular weight is 597 g/mol. The zero-order valence-electron chi connectivity index (χ0n) is 21.8. The fourth-order valence-electron chi connectivity index (χ4n) is 4.90. The van der Waals surface area contributed by atoms with Crippen molar-refractivity contribution in [2.24, 2.45) is 0 Å². The summed E-state index contributed by atoms with van der Waals surface area (Å²) in [5, 5.41) is 101. The van der Waals surface area contributed by atoms with E-state index in [0.29, 0.717) is 5.56 Å². The lowest BCUT2D eigenvalue weighted by Crippen LogP contribution is -2.61. The van der Waals surface area contributed by atoms with Gasteiger partial charge in [0.2, 0.25) is 6.29 Å². The number of fused-ring (bicyclic) bond motifs is 1. The molecule has 15 heteroatoms. The summed E-state index contributed by atoms with van der Waals surface area (Å²) in [6.45, 7) is -1.25. The predicted molar refractivity (Wildman–Crippen MR) is 137 cm³/mol. The Bertz CT molecular complexity index is 1270. The minimum Gasteiger partial charge on any atom is -0.508 e. The maximum Gasteiger partial charge on any atom is 0.228 e. The topological polar surface area (TPSA) is 248 Å². The summed E-state index contributed by atoms with van der Waals surface area (Å²) in [6.07, 6.45) is -15.8. The highest BCUT2D eigenvalue weighted by molar-refractivity contribution is 5.69. The third kappa shape index (κ3) is 5.84. The second-order valence-electron chi connectivity index (χ2n) is 10.2. The number of hydrogen-bond donors (Lipinski definition) is 10. The zero-order valence-corrected chi connectivity index (χ0v) is 21.8. The van der Waals surface area contributed by atoms with Crippen molar-refractivity contribution in [2.45, 2.75) is 67.5 Å². The van der Waals surface area contributed by atoms with Crippen LogP contribution in [0.25, 0.3) is 6.08 Å². The number of aromatic hydroxyl groups is 3. The molecule has 3 aliphatic rings. The fraction of sp³-hybridized carbons (Fsp3) is 0.481. The van der Waals surface area contributed by atoms with Crippen LogP contribution < -0.4 is 4.74 Å². The Hall–Kier alpha value is -3.22. The summed E-state index contributed by atoms with van der Waals surface area (Å²) >= 11 is 0. The van der Waals surface area contributed by atoms with E-state index in [9.17, 15) is 51.1 Å². The maximum atomic E-state index is 10.7. The summed E-state index contributed by atoms with van der Waals surface area (Å²) in [7, 11) is 0. The van der Waals surface area contributed by atoms with Crippen LogP contribution in [0.2, 0.25) is 0 Å². The van der Waals surface area contributed by atoms with Gasteiger partial charge in [-0.3, -0.25) is 0 Å². The van der Waals surface area contributed by atoms with Crippen LogP contribution in [0.4, 0.5) is 0 Å². The lowest BCUT2D eigenvalue weighted by molar-refractivity contribution is -0.328. The van der Waals surface area contributed by atoms with E-state index in [2.05, 4.69) is 0 Å². The number of hydrogen-bond acceptors (Lipinski definition) is 15. The van der Waals surface area contributed by atoms with Gasteiger partial charge in [0.05, 0.1) is 18.8 Å². The van der Waals surface area contributed by atoms with Crippen LogP contribution in [0.1, 0.15) is 17.2 Å². The molecule has 2 saturated heterocycles. The summed E-state index contributed by atoms with van der Waals surface area (Å²) in [6, 6.07) is 8.19. The molecule has 0 saturated carbocycles. The number of benzene rings is 2. The molecule has 0 spiro atoms. The molecule has 3 heterocycles. The monoisotopic (exact) mass is 596 g/mol. The Morgan fingerprint density at radius 3 is 1.98 bits per heavy atom. The Morgan fingerprint density at radius 2 is 1.31 bits per heavy atom. The van der Waals surface area contributed by atoms with Gasteiger partial charge >= 0.3 is 0 Å². The van der Waals surface area contributed by atoms with Crippen molar-refractivity contribution in [1.82, 2.24) is 0 Å². The standard InChI is InChI=1S/C27H32O15/c28-8-17-19(32)21(34)23(36)26(41-17)38-9-18-20(33)22(35)24(37)27(42-18)40-16-7-13-14(31)5-12(30)6-15(13)39-25(16)10-1-3-11(29)4-2-10/h1-7,17-37H,8-9H2/t17-,18-,19-,20-,21-,22-,23+,24-,25?,26-,27-/m1/s1. The highest BCUT2D eigenvalue weighted by Crippen LogP contribution is 2.44. The van der Waals surface area contributed by atoms with Crippen LogP contribution in [-0.2, 0) is 18.9 Å². The van der Waals surface area contributed by atoms with Crippen LogP contribution in [0.3, 0.4) is 0 Å². The summed E-state index contributed by atoms with van der Waals surface area (Å²) in [4.78, 5) is 0. The molecule has 11 atom stereocenters. The Labute approximate surface area is 238 Å². The lowest BCUT2D eigenvalue weighted by Gasteiger charge is -2.43. The molecule has 0 aromatic heterocycles. The highest BCUT2D eigenvalue weighted by atomic mass is 16.7. The first-order chi connectivity index (χ1) is 20.0. The average Bonchev–Trinajstić information content (AvgIpc) is 2.97. The predicted octanol–water partition coefficient (Wildman–Crippen LogP) is -2.08. The van der Waals surface area contributed by atoms with Crippen molar-refractivity contribution >= 4 is 6.08 Å². The first kappa shape index (κ1) is 30.2. The summed E-state index contributed by atoms with van der Waals surface area (Å²) in [5.41, 5.74) is 0.590. The van der Waals surface area contributed by atoms with Gasteiger partial charge in [0.15, 0.2) is 12.4 Å². The molecule has 1 unspecified atom stereocenters. The minimum atomic E-state index is -1.80. The van der Waals surface area contributed by atoms with E-state index in [4.69, 9.17) is 23.7 Å². The number of phenolic OH excluding ortho intramolecular Hbond substituents is 3. The molecule has 3 aliphatic heterocycles. The van der Waals surface area contributed by atoms with Gasteiger partial charge in [-0.1, -0.05) is 12.1 Å². The van der Waals surface area contributed by atoms with Gasteiger partial charge in [0, 0.05) is 17.7 Å². The quantitative estimate of drug-likeness (QED) is 0.165. The van der Waals surface area contributed by atoms with E-state index in [1.54, 1.807) is 0 Å². The van der Waals surface area contributed by atoms with Crippen LogP contribution in [0.15, 0.2) is 42.2 Å². The summed E-state index contributed by atoms with van der Waals surface area (Å²) in [5.74, 6) is -0.553. The molecule has 0 aliphatic carbocycles. The summed E-state index contributed by atoms with van der Waals surface area (Å²) < 4.78 is 28.3. The number of aliphatic hydroxyl groups excluding tert-OH is 7. The van der Waals surface area contributed by atoms with E-state index in [0.717, 1.165) is 6.07 Å². The third-order valence-corrected chi connectivity index (χ3v) is 7.28. The highest BCUT2D eigenvalue weighted by Gasteiger charge is 2.48. The molecule has 0 radical (unpaired) electrons. The molecule has 42 heavy (non-hydrogen) atoms. The molecule has 2 fully saturated rings. The fourth-order valence-corrected chi connectivity index (χ4v) is 4.90. The first-order valence-electron chi connectivity index (χ1n) is 13.0. The van der Waals surface area contributed by atoms with Crippen LogP contribution in [-0.4, -0.2) is 126 Å². The van der Waals surface area contributed by atoms with Crippen molar-refractivity contribution < 1.29 is 74.7 Å². The molecule has 2 aromatic carbocycles. The van der Waals surface area contributed by atoms with E-state index in [1.165, 1.54) is 36.4 Å². The van der Waals surface area contributed by atoms with Gasteiger partial charge in [-0.2, -0.15) is 0 Å². The molecule has 10 N–H and O–H groups in total. The molecule has 2 aromatic rings. The first-order valence-corrected chi connectivity index (χ1v) is 13.0. The van der Waals surface area contributed by atoms with Gasteiger partial charge in [-0.05, 0) is 18.2 Å². The minimum absolute atomic E-state index is 0.0181. The van der Waals surface area contributed by atoms with Crippen molar-refractivity contribution in [3.63, 3.8) is 0 Å². The normalized spacial score (nSPS) is 36.5. The van der Waals surface area contributed by atoms with Gasteiger partial charge in [0.1, 0.15) is 77.6 Å². The van der Waals surface area contributed by atoms with Crippen molar-refractivity contribution in [3.8, 4) is 23.0 Å². The van der Waals surface area contributed by atoms with Crippen LogP contribution >= 0.6 is 0 Å². The number of aliphatic hydroxyl groups is 7. The number of rotatable bonds is 7. The van der Waals surface area contributed by atoms with Gasteiger partial charge in [-0.15, -0.1) is 0 Å². The maximum absolute atomic E-state index is 10.7. The van der Waals surface area contributed by atoms with E-state index < -0.39 is 80.7 Å². The molecular formula is C27H32O15. The van der Waals surface area contributed by atoms with E-state index in [-0.39, 0.29) is 34.3 Å². The Morgan fingerprint density at radius 1 is 0.690 bits per heavy atom. The third-order valence-electron chi connectivity index (χ3n) is 7.28. The van der Waals surface area contributed by atoms with Crippen molar-refractivity contribution in [2.75, 3.05) is 13.2 Å². The molecule has 5 rings (SSSR count). The van der Waals surface area contributed by atoms with Crippen molar-refractivity contribution in [1.29, 1.82) is 0 Å². The van der Waals surface area contributed by atoms with Crippen LogP contribution in [0.5, 0.6) is 23.0 Å². The second-order valence-corrected chi connectivity index (χ2v) is 10.2. The Balaban J connectivity index is 1.37. The van der Waals surface area contributed by atoms with Crippen molar-refractivity contribution in [3.05, 3.63) is 53.3 Å². The Kier molecular flexibility index (Phi) is 8.77. The second kappa shape index (κ2) is 12.2. The van der Waals surface area contributed by atoms with Gasteiger partial charge < -0.3 is 74.7 Å². The number of phenols is 3. The van der Waals surface area contributed by atoms with E-state index >= 15 is 0 Å². The smallest absolute Gasteiger partial charge is 0.228 e. The van der Waals surface area contributed by atoms with Gasteiger partial charge in [0.25, 0.3) is 0 Å². The largest absolute Gasteiger partial charge is 0.508 e. The molecule has 230 valence electrons. The lowest BCUT2D eigenvalue weighted by atomic mass is 9.98. The van der Waals surface area contributed by atoms with Gasteiger partial charge in [-0.25, -0.2) is 0 Å². The molecule has 0 amide bonds. The number of ether oxygens (including phenoxy) is 5. The molecule has 15 nitrogen and oxygen atoms in total. The zero-order chi connectivity index (χ0) is 30.3. The molecular weight excluding hydrogens is 564 g/mol. The van der Waals surface area contributed by atoms with E-state index in [1.807, 2.05) is 0 Å². The van der Waals surface area contributed by atoms with Crippen LogP contribution in [0, 0.1) is 0 Å².